The van der Waals surface area contributed by atoms with E-state index in [4.69, 9.17) is 5.73 Å². The molecule has 1 aliphatic carbocycles. The van der Waals surface area contributed by atoms with E-state index in [0.29, 0.717) is 6.54 Å². The number of carbonyl (C=O) groups is 1. The molecule has 5 heteroatoms. The van der Waals surface area contributed by atoms with Crippen molar-refractivity contribution >= 4 is 17.2 Å². The van der Waals surface area contributed by atoms with Gasteiger partial charge in [-0.1, -0.05) is 6.42 Å². The summed E-state index contributed by atoms with van der Waals surface area (Å²) in [5.41, 5.74) is 6.66. The van der Waals surface area contributed by atoms with E-state index in [1.54, 1.807) is 16.2 Å². The van der Waals surface area contributed by atoms with Gasteiger partial charge in [-0.25, -0.2) is 4.98 Å². The van der Waals surface area contributed by atoms with Crippen LogP contribution in [-0.4, -0.2) is 28.9 Å². The number of nitrogens with zero attached hydrogens (tertiary/aromatic N) is 2. The van der Waals surface area contributed by atoms with Gasteiger partial charge in [0.25, 0.3) is 0 Å². The molecule has 100 valence electrons. The Morgan fingerprint density at radius 2 is 2.44 bits per heavy atom. The molecule has 1 fully saturated rings. The number of amides is 1. The fourth-order valence-corrected chi connectivity index (χ4v) is 3.29. The highest BCUT2D eigenvalue weighted by Gasteiger charge is 2.44. The van der Waals surface area contributed by atoms with Crippen molar-refractivity contribution < 1.29 is 4.79 Å². The lowest BCUT2D eigenvalue weighted by Crippen LogP contribution is -2.47. The minimum Gasteiger partial charge on any atom is -0.339 e. The Hall–Kier alpha value is -0.940. The predicted molar refractivity (Wildman–Crippen MR) is 73.3 cm³/mol. The Bertz CT molecular complexity index is 445. The summed E-state index contributed by atoms with van der Waals surface area (Å²) in [7, 11) is 1.84. The van der Waals surface area contributed by atoms with E-state index < -0.39 is 0 Å². The Labute approximate surface area is 112 Å². The van der Waals surface area contributed by atoms with Crippen molar-refractivity contribution in [1.29, 1.82) is 0 Å². The van der Waals surface area contributed by atoms with Crippen molar-refractivity contribution in [2.45, 2.75) is 45.7 Å². The van der Waals surface area contributed by atoms with Crippen molar-refractivity contribution in [3.05, 3.63) is 16.1 Å². The molecule has 18 heavy (non-hydrogen) atoms. The summed E-state index contributed by atoms with van der Waals surface area (Å²) in [6.45, 7) is 4.55. The van der Waals surface area contributed by atoms with E-state index in [2.05, 4.69) is 4.98 Å². The van der Waals surface area contributed by atoms with E-state index in [-0.39, 0.29) is 17.4 Å². The maximum absolute atomic E-state index is 12.5. The summed E-state index contributed by atoms with van der Waals surface area (Å²) in [4.78, 5) is 18.7. The molecule has 2 unspecified atom stereocenters. The fourth-order valence-electron chi connectivity index (χ4n) is 2.69. The van der Waals surface area contributed by atoms with Crippen molar-refractivity contribution in [3.8, 4) is 0 Å². The second kappa shape index (κ2) is 4.97. The van der Waals surface area contributed by atoms with Gasteiger partial charge in [-0.15, -0.1) is 11.3 Å². The van der Waals surface area contributed by atoms with Crippen LogP contribution in [0, 0.1) is 12.3 Å². The van der Waals surface area contributed by atoms with Crippen LogP contribution in [0.2, 0.25) is 0 Å². The number of aryl methyl sites for hydroxylation is 1. The Morgan fingerprint density at radius 1 is 1.72 bits per heavy atom. The second-order valence-corrected chi connectivity index (χ2v) is 6.50. The van der Waals surface area contributed by atoms with Gasteiger partial charge in [0, 0.05) is 18.5 Å². The number of hydrogen-bond acceptors (Lipinski definition) is 4. The molecule has 4 nitrogen and oxygen atoms in total. The minimum atomic E-state index is -0.389. The molecule has 0 saturated heterocycles. The molecule has 2 N–H and O–H groups in total. The molecule has 1 aromatic rings. The molecule has 0 aliphatic heterocycles. The largest absolute Gasteiger partial charge is 0.339 e. The number of thiazole rings is 1. The number of aromatic nitrogens is 1. The zero-order valence-corrected chi connectivity index (χ0v) is 12.1. The topological polar surface area (TPSA) is 59.2 Å². The lowest BCUT2D eigenvalue weighted by Gasteiger charge is -2.32. The van der Waals surface area contributed by atoms with Crippen LogP contribution >= 0.6 is 11.3 Å². The average Bonchev–Trinajstić information content (AvgIpc) is 2.86. The van der Waals surface area contributed by atoms with E-state index in [1.165, 1.54) is 0 Å². The molecule has 0 radical (unpaired) electrons. The van der Waals surface area contributed by atoms with Gasteiger partial charge in [-0.2, -0.15) is 0 Å². The maximum atomic E-state index is 12.5. The van der Waals surface area contributed by atoms with Crippen LogP contribution in [0.25, 0.3) is 0 Å². The van der Waals surface area contributed by atoms with Gasteiger partial charge in [-0.05, 0) is 26.7 Å². The Balaban J connectivity index is 2.05. The van der Waals surface area contributed by atoms with Gasteiger partial charge >= 0.3 is 0 Å². The highest BCUT2D eigenvalue weighted by atomic mass is 32.1. The molecule has 1 aromatic heterocycles. The van der Waals surface area contributed by atoms with Crippen molar-refractivity contribution in [2.24, 2.45) is 11.1 Å². The second-order valence-electron chi connectivity index (χ2n) is 5.44. The van der Waals surface area contributed by atoms with E-state index >= 15 is 0 Å². The van der Waals surface area contributed by atoms with Crippen molar-refractivity contribution in [3.63, 3.8) is 0 Å². The normalized spacial score (nSPS) is 27.4. The van der Waals surface area contributed by atoms with Crippen LogP contribution in [0.15, 0.2) is 5.38 Å². The third kappa shape index (κ3) is 2.42. The molecule has 0 bridgehead atoms. The zero-order chi connectivity index (χ0) is 13.3. The number of nitrogens with two attached hydrogens (primary N) is 1. The standard InChI is InChI=1S/C13H21N3OS/c1-9-15-10(8-18-9)7-16(3)12(17)13(2)6-4-5-11(13)14/h8,11H,4-7,14H2,1-3H3. The summed E-state index contributed by atoms with van der Waals surface area (Å²) >= 11 is 1.62. The summed E-state index contributed by atoms with van der Waals surface area (Å²) in [6, 6.07) is -0.00961. The van der Waals surface area contributed by atoms with Gasteiger partial charge < -0.3 is 10.6 Å². The van der Waals surface area contributed by atoms with Crippen LogP contribution in [0.1, 0.15) is 36.9 Å². The van der Waals surface area contributed by atoms with Crippen molar-refractivity contribution in [2.75, 3.05) is 7.05 Å². The summed E-state index contributed by atoms with van der Waals surface area (Å²) in [5.74, 6) is 0.151. The number of rotatable bonds is 3. The summed E-state index contributed by atoms with van der Waals surface area (Å²) < 4.78 is 0. The first-order chi connectivity index (χ1) is 8.43. The first-order valence-corrected chi connectivity index (χ1v) is 7.23. The fraction of sp³-hybridized carbons (Fsp3) is 0.692. The third-order valence-electron chi connectivity index (χ3n) is 3.93. The number of hydrogen-bond donors (Lipinski definition) is 1. The Morgan fingerprint density at radius 3 is 2.94 bits per heavy atom. The molecule has 1 heterocycles. The molecular weight excluding hydrogens is 246 g/mol. The maximum Gasteiger partial charge on any atom is 0.230 e. The van der Waals surface area contributed by atoms with Gasteiger partial charge in [0.2, 0.25) is 5.91 Å². The summed E-state index contributed by atoms with van der Waals surface area (Å²) in [6.07, 6.45) is 2.90. The molecule has 1 saturated carbocycles. The molecule has 2 rings (SSSR count). The smallest absolute Gasteiger partial charge is 0.230 e. The van der Waals surface area contributed by atoms with E-state index in [0.717, 1.165) is 30.0 Å². The number of carbonyl (C=O) groups excluding carboxylic acids is 1. The molecule has 1 aliphatic rings. The van der Waals surface area contributed by atoms with Crippen molar-refractivity contribution in [1.82, 2.24) is 9.88 Å². The SMILES string of the molecule is Cc1nc(CN(C)C(=O)C2(C)CCCC2N)cs1. The van der Waals surface area contributed by atoms with Crippen LogP contribution in [0.4, 0.5) is 0 Å². The molecule has 0 aromatic carbocycles. The average molecular weight is 267 g/mol. The monoisotopic (exact) mass is 267 g/mol. The first-order valence-electron chi connectivity index (χ1n) is 6.35. The third-order valence-corrected chi connectivity index (χ3v) is 4.75. The van der Waals surface area contributed by atoms with Crippen LogP contribution in [0.5, 0.6) is 0 Å². The molecule has 2 atom stereocenters. The lowest BCUT2D eigenvalue weighted by molar-refractivity contribution is -0.140. The van der Waals surface area contributed by atoms with Gasteiger partial charge in [-0.3, -0.25) is 4.79 Å². The molecule has 0 spiro atoms. The van der Waals surface area contributed by atoms with Crippen LogP contribution < -0.4 is 5.73 Å². The zero-order valence-electron chi connectivity index (χ0n) is 11.3. The summed E-state index contributed by atoms with van der Waals surface area (Å²) in [5, 5.41) is 3.05. The first kappa shape index (κ1) is 13.5. The van der Waals surface area contributed by atoms with Crippen LogP contribution in [0.3, 0.4) is 0 Å². The molecular formula is C13H21N3OS. The highest BCUT2D eigenvalue weighted by Crippen LogP contribution is 2.38. The minimum absolute atomic E-state index is 0.00961. The van der Waals surface area contributed by atoms with Crippen LogP contribution in [-0.2, 0) is 11.3 Å². The highest BCUT2D eigenvalue weighted by molar-refractivity contribution is 7.09. The van der Waals surface area contributed by atoms with E-state index in [1.807, 2.05) is 26.3 Å². The van der Waals surface area contributed by atoms with E-state index in [9.17, 15) is 4.79 Å². The van der Waals surface area contributed by atoms with Gasteiger partial charge in [0.15, 0.2) is 0 Å². The molecule has 1 amide bonds. The van der Waals surface area contributed by atoms with Gasteiger partial charge in [0.05, 0.1) is 22.7 Å². The quantitative estimate of drug-likeness (QED) is 0.910. The lowest BCUT2D eigenvalue weighted by atomic mass is 9.83. The predicted octanol–water partition coefficient (Wildman–Crippen LogP) is 1.93. The van der Waals surface area contributed by atoms with Gasteiger partial charge in [0.1, 0.15) is 0 Å². The Kier molecular flexibility index (Phi) is 3.73.